The normalized spacial score (nSPS) is 21.4. The molecule has 6 heterocycles. The van der Waals surface area contributed by atoms with E-state index in [2.05, 4.69) is 54.4 Å². The molecule has 15 nitrogen and oxygen atoms in total. The maximum absolute atomic E-state index is 16.1. The van der Waals surface area contributed by atoms with Gasteiger partial charge in [0.25, 0.3) is 5.91 Å². The van der Waals surface area contributed by atoms with E-state index in [1.54, 1.807) is 48.7 Å². The Morgan fingerprint density at radius 3 is 2.40 bits per heavy atom. The minimum absolute atomic E-state index is 0.00628. The Morgan fingerprint density at radius 2 is 1.74 bits per heavy atom. The van der Waals surface area contributed by atoms with Crippen molar-refractivity contribution in [1.29, 1.82) is 0 Å². The van der Waals surface area contributed by atoms with Crippen LogP contribution in [0.2, 0.25) is 0 Å². The number of H-pyrrole nitrogens is 1. The Balaban J connectivity index is 1.13. The number of carbonyl (C=O) groups excluding carboxylic acids is 1. The molecule has 4 aromatic heterocycles. The van der Waals surface area contributed by atoms with Gasteiger partial charge in [-0.15, -0.1) is 0 Å². The summed E-state index contributed by atoms with van der Waals surface area (Å²) in [5, 5.41) is 18.9. The maximum atomic E-state index is 16.1. The average molecular weight is 886 g/mol. The summed E-state index contributed by atoms with van der Waals surface area (Å²) in [6.45, 7) is 12.4. The molecule has 1 saturated carbocycles. The smallest absolute Gasteiger partial charge is 0.387 e. The molecule has 65 heavy (non-hydrogen) atoms. The summed E-state index contributed by atoms with van der Waals surface area (Å²) in [4.78, 5) is 47.2. The number of nitrogens with one attached hydrogen (secondary N) is 2. The second-order valence-corrected chi connectivity index (χ2v) is 18.5. The number of nitrogens with zero attached hydrogens (tertiary/aromatic N) is 7. The number of halogens is 2. The summed E-state index contributed by atoms with van der Waals surface area (Å²) in [6, 6.07) is 14.1. The van der Waals surface area contributed by atoms with Crippen molar-refractivity contribution in [3.8, 4) is 17.2 Å². The first-order chi connectivity index (χ1) is 31.1. The minimum Gasteiger partial charge on any atom is -0.387 e. The Labute approximate surface area is 372 Å². The third-order valence-corrected chi connectivity index (χ3v) is 14.0. The second kappa shape index (κ2) is 15.1. The van der Waals surface area contributed by atoms with Crippen LogP contribution in [0.1, 0.15) is 109 Å². The molecule has 3 aliphatic rings. The molecule has 2 aliphatic heterocycles. The number of amides is 1. The van der Waals surface area contributed by atoms with Crippen molar-refractivity contribution in [2.75, 3.05) is 25.5 Å². The van der Waals surface area contributed by atoms with Crippen molar-refractivity contribution in [2.45, 2.75) is 90.3 Å². The van der Waals surface area contributed by atoms with E-state index < -0.39 is 28.8 Å². The zero-order valence-electron chi connectivity index (χ0n) is 37.3. The number of imidazole rings is 1. The number of nitrogens with two attached hydrogens (primary N) is 1. The van der Waals surface area contributed by atoms with Crippen LogP contribution in [-0.4, -0.2) is 76.4 Å². The van der Waals surface area contributed by atoms with Crippen LogP contribution in [0.15, 0.2) is 75.0 Å². The molecular weight excluding hydrogens is 835 g/mol. The van der Waals surface area contributed by atoms with Crippen molar-refractivity contribution < 1.29 is 28.2 Å². The second-order valence-electron chi connectivity index (χ2n) is 18.5. The van der Waals surface area contributed by atoms with Crippen LogP contribution in [0.3, 0.4) is 0 Å². The van der Waals surface area contributed by atoms with Gasteiger partial charge < -0.3 is 19.5 Å². The Kier molecular flexibility index (Phi) is 9.78. The topological polar surface area (TPSA) is 176 Å². The predicted octanol–water partition coefficient (Wildman–Crippen LogP) is 5.78. The van der Waals surface area contributed by atoms with E-state index in [-0.39, 0.29) is 47.0 Å². The van der Waals surface area contributed by atoms with Crippen molar-refractivity contribution in [2.24, 2.45) is 5.92 Å². The summed E-state index contributed by atoms with van der Waals surface area (Å²) in [7, 11) is 1.65. The molecule has 10 rings (SSSR count). The molecule has 4 atom stereocenters. The lowest BCUT2D eigenvalue weighted by Crippen LogP contribution is -2.41. The maximum Gasteiger partial charge on any atom is 0.438 e. The Bertz CT molecular complexity index is 3200. The number of anilines is 1. The SMILES string of the molecule is CNc1ccc(-n2ccn(-c3c4c(nn3-c3cc(C)c(F)c(C)c3)CCN(C(=O)c3cc5cc(C6CCOC(C)(C)C6)ccc5n3C3(c5noc(=O)[nH]5)CC3C)C4C)c2=O)c(F)c1C=[NH2+]. The Hall–Kier alpha value is -6.88. The molecule has 0 bridgehead atoms. The van der Waals surface area contributed by atoms with Gasteiger partial charge >= 0.3 is 11.4 Å². The number of aromatic amines is 1. The highest BCUT2D eigenvalue weighted by Gasteiger charge is 2.59. The lowest BCUT2D eigenvalue weighted by molar-refractivity contribution is -0.104. The quantitative estimate of drug-likeness (QED) is 0.153. The van der Waals surface area contributed by atoms with E-state index in [9.17, 15) is 9.59 Å². The van der Waals surface area contributed by atoms with E-state index in [0.717, 1.165) is 35.5 Å². The molecule has 7 aromatic rings. The van der Waals surface area contributed by atoms with Gasteiger partial charge in [-0.05, 0) is 125 Å². The molecule has 4 unspecified atom stereocenters. The number of benzene rings is 3. The molecule has 1 aliphatic carbocycles. The van der Waals surface area contributed by atoms with E-state index >= 15 is 13.6 Å². The molecule has 3 aromatic carbocycles. The van der Waals surface area contributed by atoms with Crippen molar-refractivity contribution in [3.05, 3.63) is 139 Å². The van der Waals surface area contributed by atoms with Gasteiger partial charge in [0, 0.05) is 55.5 Å². The van der Waals surface area contributed by atoms with Gasteiger partial charge in [-0.1, -0.05) is 18.1 Å². The van der Waals surface area contributed by atoms with Crippen molar-refractivity contribution in [3.63, 3.8) is 0 Å². The highest BCUT2D eigenvalue weighted by molar-refractivity contribution is 6.00. The molecule has 0 radical (unpaired) electrons. The summed E-state index contributed by atoms with van der Waals surface area (Å²) in [5.74, 6) is -1.07. The lowest BCUT2D eigenvalue weighted by Gasteiger charge is -2.35. The Morgan fingerprint density at radius 1 is 1.00 bits per heavy atom. The third kappa shape index (κ3) is 6.52. The summed E-state index contributed by atoms with van der Waals surface area (Å²) in [5.41, 5.74) is 3.72. The van der Waals surface area contributed by atoms with Gasteiger partial charge in [0.15, 0.2) is 17.9 Å². The van der Waals surface area contributed by atoms with Crippen molar-refractivity contribution >= 4 is 28.7 Å². The molecule has 0 spiro atoms. The minimum atomic E-state index is -0.863. The number of ether oxygens (including phenoxy) is 1. The van der Waals surface area contributed by atoms with E-state index in [4.69, 9.17) is 19.8 Å². The average Bonchev–Trinajstić information content (AvgIpc) is 3.77. The summed E-state index contributed by atoms with van der Waals surface area (Å²) < 4.78 is 48.5. The standard InChI is InChI=1S/C48H50F2N10O5/c1-25-18-32(19-26(2)40(25)49)60-42(58-16-15-57(46(58)63)37-11-9-34(52-7)33(24-51)41(37)50)39-28(4)56(14-12-35(39)54-60)43(61)38-21-31-20-29(30-13-17-64-47(5,6)23-30)8-10-36(31)59(38)48(22-27(48)3)44-53-45(62)65-55-44/h8-11,15-16,18-21,24,27-28,30,51-52H,12-14,17,22-23H2,1-7H3,(H,53,55,62)/p+1. The predicted molar refractivity (Wildman–Crippen MR) is 240 cm³/mol. The van der Waals surface area contributed by atoms with E-state index in [1.165, 1.54) is 27.6 Å². The fourth-order valence-corrected chi connectivity index (χ4v) is 10.6. The molecule has 2 fully saturated rings. The van der Waals surface area contributed by atoms with Crippen LogP contribution < -0.4 is 22.2 Å². The first-order valence-electron chi connectivity index (χ1n) is 22.0. The fourth-order valence-electron chi connectivity index (χ4n) is 10.6. The van der Waals surface area contributed by atoms with Crippen LogP contribution in [0.5, 0.6) is 0 Å². The number of aryl methyl sites for hydroxylation is 2. The first kappa shape index (κ1) is 42.1. The van der Waals surface area contributed by atoms with Gasteiger partial charge in [0.2, 0.25) is 0 Å². The highest BCUT2D eigenvalue weighted by atomic mass is 19.1. The zero-order chi connectivity index (χ0) is 45.9. The monoisotopic (exact) mass is 885 g/mol. The number of aromatic nitrogens is 7. The number of carbonyl (C=O) groups is 1. The van der Waals surface area contributed by atoms with Crippen LogP contribution in [0.25, 0.3) is 28.1 Å². The molecule has 1 saturated heterocycles. The molecule has 17 heteroatoms. The molecule has 4 N–H and O–H groups in total. The van der Waals surface area contributed by atoms with Gasteiger partial charge in [-0.25, -0.2) is 23.1 Å². The highest BCUT2D eigenvalue weighted by Crippen LogP contribution is 2.56. The number of fused-ring (bicyclic) bond motifs is 2. The first-order valence-corrected chi connectivity index (χ1v) is 22.0. The number of rotatable bonds is 9. The fraction of sp³-hybridized carbons (Fsp3) is 0.375. The van der Waals surface area contributed by atoms with Gasteiger partial charge in [-0.3, -0.25) is 28.8 Å². The van der Waals surface area contributed by atoms with Crippen LogP contribution in [0.4, 0.5) is 14.5 Å². The zero-order valence-corrected chi connectivity index (χ0v) is 37.3. The van der Waals surface area contributed by atoms with E-state index in [1.807, 2.05) is 17.6 Å². The molecule has 336 valence electrons. The van der Waals surface area contributed by atoms with Gasteiger partial charge in [-0.2, -0.15) is 5.10 Å². The molecular formula is C48H51F2N10O5+. The summed E-state index contributed by atoms with van der Waals surface area (Å²) >= 11 is 0. The third-order valence-electron chi connectivity index (χ3n) is 14.0. The van der Waals surface area contributed by atoms with Crippen molar-refractivity contribution in [1.82, 2.24) is 38.5 Å². The van der Waals surface area contributed by atoms with Crippen LogP contribution in [0, 0.1) is 31.4 Å². The largest absolute Gasteiger partial charge is 0.438 e. The van der Waals surface area contributed by atoms with Crippen LogP contribution in [-0.2, 0) is 16.7 Å². The summed E-state index contributed by atoms with van der Waals surface area (Å²) in [6.07, 6.45) is 6.82. The molecule has 1 amide bonds. The van der Waals surface area contributed by atoms with E-state index in [0.29, 0.717) is 70.5 Å². The lowest BCUT2D eigenvalue weighted by atomic mass is 9.83. The number of hydrogen-bond donors (Lipinski definition) is 3. The van der Waals surface area contributed by atoms with Crippen LogP contribution >= 0.6 is 0 Å². The number of hydrogen-bond acceptors (Lipinski definition) is 8. The van der Waals surface area contributed by atoms with Gasteiger partial charge in [0.1, 0.15) is 22.9 Å². The van der Waals surface area contributed by atoms with Gasteiger partial charge in [0.05, 0.1) is 40.0 Å².